The van der Waals surface area contributed by atoms with Crippen molar-refractivity contribution >= 4 is 29.9 Å². The minimum atomic E-state index is 0. The summed E-state index contributed by atoms with van der Waals surface area (Å²) in [5, 5.41) is 17.1. The van der Waals surface area contributed by atoms with Crippen molar-refractivity contribution in [3.8, 4) is 11.5 Å². The second kappa shape index (κ2) is 10.9. The summed E-state index contributed by atoms with van der Waals surface area (Å²) >= 11 is 0. The molecule has 0 atom stereocenters. The zero-order valence-corrected chi connectivity index (χ0v) is 18.7. The molecule has 0 aromatic heterocycles. The van der Waals surface area contributed by atoms with Gasteiger partial charge in [-0.2, -0.15) is 0 Å². The van der Waals surface area contributed by atoms with Gasteiger partial charge in [0.15, 0.2) is 17.5 Å². The van der Waals surface area contributed by atoms with Crippen LogP contribution in [0.3, 0.4) is 0 Å². The first-order valence-electron chi connectivity index (χ1n) is 9.85. The van der Waals surface area contributed by atoms with Crippen molar-refractivity contribution in [1.29, 1.82) is 0 Å². The molecule has 1 saturated heterocycles. The standard InChI is InChI=1S/C20H32N4O2.HI/c1-3-21-20(23-16-10-13-24(14-11-16)17-7-8-17)22-12-9-15-5-4-6-18(26-2)19(15)25;/h4-6,16-17,25H,3,7-14H2,1-2H3,(H2,21,22,23);1H. The van der Waals surface area contributed by atoms with Crippen LogP contribution in [0.1, 0.15) is 38.2 Å². The normalized spacial score (nSPS) is 18.7. The summed E-state index contributed by atoms with van der Waals surface area (Å²) in [5.41, 5.74) is 0.863. The molecule has 1 heterocycles. The van der Waals surface area contributed by atoms with Crippen LogP contribution in [0.5, 0.6) is 11.5 Å². The molecular formula is C20H33IN4O2. The van der Waals surface area contributed by atoms with Crippen LogP contribution in [0.15, 0.2) is 23.2 Å². The molecule has 2 aliphatic rings. The number of nitrogens with zero attached hydrogens (tertiary/aromatic N) is 2. The Kier molecular flexibility index (Phi) is 8.95. The van der Waals surface area contributed by atoms with E-state index in [0.29, 0.717) is 24.8 Å². The van der Waals surface area contributed by atoms with Gasteiger partial charge in [-0.25, -0.2) is 0 Å². The molecule has 1 aromatic carbocycles. The molecule has 152 valence electrons. The number of benzene rings is 1. The number of hydrogen-bond donors (Lipinski definition) is 3. The molecule has 0 amide bonds. The van der Waals surface area contributed by atoms with Crippen LogP contribution in [0.2, 0.25) is 0 Å². The van der Waals surface area contributed by atoms with Crippen molar-refractivity contribution in [3.05, 3.63) is 23.8 Å². The number of piperidine rings is 1. The lowest BCUT2D eigenvalue weighted by atomic mass is 10.1. The first-order chi connectivity index (χ1) is 12.7. The summed E-state index contributed by atoms with van der Waals surface area (Å²) in [4.78, 5) is 7.33. The number of hydrogen-bond acceptors (Lipinski definition) is 4. The fraction of sp³-hybridized carbons (Fsp3) is 0.650. The van der Waals surface area contributed by atoms with E-state index in [2.05, 4.69) is 22.5 Å². The Morgan fingerprint density at radius 2 is 2.00 bits per heavy atom. The number of phenolic OH excluding ortho intramolecular Hbond substituents is 1. The van der Waals surface area contributed by atoms with Gasteiger partial charge in [0.25, 0.3) is 0 Å². The molecule has 1 aliphatic heterocycles. The quantitative estimate of drug-likeness (QED) is 0.313. The lowest BCUT2D eigenvalue weighted by Gasteiger charge is -2.33. The van der Waals surface area contributed by atoms with Crippen LogP contribution < -0.4 is 15.4 Å². The van der Waals surface area contributed by atoms with Crippen molar-refractivity contribution < 1.29 is 9.84 Å². The fourth-order valence-corrected chi connectivity index (χ4v) is 3.58. The Labute approximate surface area is 179 Å². The molecule has 27 heavy (non-hydrogen) atoms. The number of nitrogens with one attached hydrogen (secondary N) is 2. The van der Waals surface area contributed by atoms with Crippen molar-refractivity contribution in [1.82, 2.24) is 15.5 Å². The van der Waals surface area contributed by atoms with Gasteiger partial charge in [0.05, 0.1) is 7.11 Å². The van der Waals surface area contributed by atoms with E-state index < -0.39 is 0 Å². The molecule has 0 unspecified atom stereocenters. The predicted octanol–water partition coefficient (Wildman–Crippen LogP) is 2.74. The van der Waals surface area contributed by atoms with Crippen LogP contribution in [-0.4, -0.2) is 61.3 Å². The van der Waals surface area contributed by atoms with Crippen LogP contribution in [-0.2, 0) is 6.42 Å². The van der Waals surface area contributed by atoms with E-state index in [0.717, 1.165) is 24.1 Å². The molecule has 1 aromatic rings. The van der Waals surface area contributed by atoms with Crippen LogP contribution >= 0.6 is 24.0 Å². The summed E-state index contributed by atoms with van der Waals surface area (Å²) < 4.78 is 5.17. The number of rotatable bonds is 7. The highest BCUT2D eigenvalue weighted by molar-refractivity contribution is 14.0. The van der Waals surface area contributed by atoms with Gasteiger partial charge < -0.3 is 25.4 Å². The minimum Gasteiger partial charge on any atom is -0.504 e. The third-order valence-corrected chi connectivity index (χ3v) is 5.23. The maximum Gasteiger partial charge on any atom is 0.191 e. The first kappa shape index (κ1) is 22.1. The molecule has 3 rings (SSSR count). The monoisotopic (exact) mass is 488 g/mol. The highest BCUT2D eigenvalue weighted by atomic mass is 127. The average Bonchev–Trinajstić information content (AvgIpc) is 3.49. The Bertz CT molecular complexity index is 614. The topological polar surface area (TPSA) is 69.1 Å². The summed E-state index contributed by atoms with van der Waals surface area (Å²) in [6, 6.07) is 6.94. The van der Waals surface area contributed by atoms with Gasteiger partial charge in [-0.05, 0) is 50.7 Å². The highest BCUT2D eigenvalue weighted by Crippen LogP contribution is 2.30. The van der Waals surface area contributed by atoms with Crippen LogP contribution in [0, 0.1) is 0 Å². The van der Waals surface area contributed by atoms with Gasteiger partial charge in [-0.3, -0.25) is 4.99 Å². The van der Waals surface area contributed by atoms with Gasteiger partial charge in [-0.15, -0.1) is 24.0 Å². The lowest BCUT2D eigenvalue weighted by molar-refractivity contribution is 0.197. The molecule has 7 heteroatoms. The minimum absolute atomic E-state index is 0. The number of methoxy groups -OCH3 is 1. The first-order valence-corrected chi connectivity index (χ1v) is 9.85. The summed E-state index contributed by atoms with van der Waals surface area (Å²) in [7, 11) is 1.57. The lowest BCUT2D eigenvalue weighted by Crippen LogP contribution is -2.49. The molecule has 1 aliphatic carbocycles. The van der Waals surface area contributed by atoms with Crippen LogP contribution in [0.4, 0.5) is 0 Å². The van der Waals surface area contributed by atoms with Gasteiger partial charge >= 0.3 is 0 Å². The smallest absolute Gasteiger partial charge is 0.191 e. The Balaban J connectivity index is 0.00000261. The maximum absolute atomic E-state index is 10.2. The number of halogens is 1. The molecule has 1 saturated carbocycles. The zero-order valence-electron chi connectivity index (χ0n) is 16.4. The van der Waals surface area contributed by atoms with E-state index in [1.165, 1.54) is 38.8 Å². The van der Waals surface area contributed by atoms with Crippen molar-refractivity contribution in [2.75, 3.05) is 33.3 Å². The Morgan fingerprint density at radius 1 is 1.26 bits per heavy atom. The predicted molar refractivity (Wildman–Crippen MR) is 121 cm³/mol. The van der Waals surface area contributed by atoms with Crippen molar-refractivity contribution in [2.45, 2.75) is 51.1 Å². The third kappa shape index (κ3) is 6.41. The van der Waals surface area contributed by atoms with E-state index in [9.17, 15) is 5.11 Å². The van der Waals surface area contributed by atoms with Gasteiger partial charge in [0, 0.05) is 38.3 Å². The maximum atomic E-state index is 10.2. The second-order valence-corrected chi connectivity index (χ2v) is 7.16. The number of aromatic hydroxyl groups is 1. The van der Waals surface area contributed by atoms with Crippen molar-refractivity contribution in [3.63, 3.8) is 0 Å². The molecule has 0 radical (unpaired) electrons. The van der Waals surface area contributed by atoms with Gasteiger partial charge in [0.2, 0.25) is 0 Å². The summed E-state index contributed by atoms with van der Waals surface area (Å²) in [5.74, 6) is 1.61. The molecule has 2 fully saturated rings. The average molecular weight is 488 g/mol. The van der Waals surface area contributed by atoms with Crippen LogP contribution in [0.25, 0.3) is 0 Å². The Morgan fingerprint density at radius 3 is 2.63 bits per heavy atom. The Hall–Kier alpha value is -1.22. The van der Waals surface area contributed by atoms with E-state index >= 15 is 0 Å². The highest BCUT2D eigenvalue weighted by Gasteiger charge is 2.31. The third-order valence-electron chi connectivity index (χ3n) is 5.23. The van der Waals surface area contributed by atoms with E-state index in [4.69, 9.17) is 9.73 Å². The number of guanidine groups is 1. The van der Waals surface area contributed by atoms with Crippen molar-refractivity contribution in [2.24, 2.45) is 4.99 Å². The van der Waals surface area contributed by atoms with E-state index in [1.807, 2.05) is 12.1 Å². The van der Waals surface area contributed by atoms with E-state index in [1.54, 1.807) is 13.2 Å². The molecule has 3 N–H and O–H groups in total. The van der Waals surface area contributed by atoms with Gasteiger partial charge in [-0.1, -0.05) is 12.1 Å². The number of phenols is 1. The molecular weight excluding hydrogens is 455 g/mol. The number of para-hydroxylation sites is 1. The molecule has 6 nitrogen and oxygen atoms in total. The molecule has 0 spiro atoms. The number of aliphatic imine (C=N–C) groups is 1. The fourth-order valence-electron chi connectivity index (χ4n) is 3.58. The van der Waals surface area contributed by atoms with Gasteiger partial charge in [0.1, 0.15) is 0 Å². The summed E-state index contributed by atoms with van der Waals surface area (Å²) in [6.45, 7) is 5.94. The van der Waals surface area contributed by atoms with E-state index in [-0.39, 0.29) is 29.7 Å². The number of likely N-dealkylation sites (tertiary alicyclic amines) is 1. The summed E-state index contributed by atoms with van der Waals surface area (Å²) in [6.07, 6.45) is 5.81. The number of ether oxygens (including phenoxy) is 1. The second-order valence-electron chi connectivity index (χ2n) is 7.16. The largest absolute Gasteiger partial charge is 0.504 e. The zero-order chi connectivity index (χ0) is 18.4. The SMILES string of the molecule is CCNC(=NCCc1cccc(OC)c1O)NC1CCN(C2CC2)CC1.I. The molecule has 0 bridgehead atoms.